The van der Waals surface area contributed by atoms with Gasteiger partial charge in [-0.25, -0.2) is 3.63 Å². The Labute approximate surface area is 192 Å². The van der Waals surface area contributed by atoms with Gasteiger partial charge in [0, 0.05) is 33.9 Å². The topological polar surface area (TPSA) is 9.23 Å². The van der Waals surface area contributed by atoms with E-state index in [2.05, 4.69) is 61.7 Å². The van der Waals surface area contributed by atoms with Gasteiger partial charge in [0.05, 0.1) is 0 Å². The second kappa shape index (κ2) is 10.4. The molecule has 0 amide bonds. The summed E-state index contributed by atoms with van der Waals surface area (Å²) in [5.41, 5.74) is 6.77. The quantitative estimate of drug-likeness (QED) is 0.254. The molecule has 0 bridgehead atoms. The van der Waals surface area contributed by atoms with Gasteiger partial charge in [0.15, 0.2) is 0 Å². The summed E-state index contributed by atoms with van der Waals surface area (Å²) in [6.07, 6.45) is 3.78. The fourth-order valence-electron chi connectivity index (χ4n) is 3.45. The molecule has 0 aliphatic rings. The average molecular weight is 439 g/mol. The predicted molar refractivity (Wildman–Crippen MR) is 137 cm³/mol. The van der Waals surface area contributed by atoms with Gasteiger partial charge in [-0.05, 0) is 45.5 Å². The Morgan fingerprint density at radius 1 is 0.484 bits per heavy atom. The summed E-state index contributed by atoms with van der Waals surface area (Å²) in [5, 5.41) is 0. The maximum Gasteiger partial charge on any atom is 0.0454 e. The molecule has 0 radical (unpaired) electrons. The molecule has 0 N–H and O–H groups in total. The molecule has 4 aromatic rings. The van der Waals surface area contributed by atoms with Crippen molar-refractivity contribution in [2.75, 3.05) is 0 Å². The maximum atomic E-state index is 6.06. The first kappa shape index (κ1) is 21.3. The predicted octanol–water partition coefficient (Wildman–Crippen LogP) is 9.04. The van der Waals surface area contributed by atoms with Gasteiger partial charge in [-0.2, -0.15) is 0 Å². The zero-order valence-electron chi connectivity index (χ0n) is 17.0. The molecule has 0 atom stereocenters. The standard InChI is InChI=1S/C28H22OS2/c1-3-21-13-5-7-15-23(21)25-17-9-11-19-27(25)30-29-31-28-20-12-10-18-26(28)24-16-8-6-14-22(24)4-2/h3-20H,1-2H2. The molecule has 3 heteroatoms. The molecule has 1 nitrogen and oxygen atoms in total. The minimum absolute atomic E-state index is 1.06. The van der Waals surface area contributed by atoms with Crippen molar-refractivity contribution in [2.24, 2.45) is 0 Å². The lowest BCUT2D eigenvalue weighted by Crippen LogP contribution is -1.87. The van der Waals surface area contributed by atoms with Gasteiger partial charge >= 0.3 is 0 Å². The summed E-state index contributed by atoms with van der Waals surface area (Å²) in [6, 6.07) is 33.1. The molecule has 0 saturated heterocycles. The van der Waals surface area contributed by atoms with E-state index in [9.17, 15) is 0 Å². The van der Waals surface area contributed by atoms with Gasteiger partial charge in [0.2, 0.25) is 0 Å². The minimum atomic E-state index is 1.06. The van der Waals surface area contributed by atoms with Crippen molar-refractivity contribution < 1.29 is 3.63 Å². The lowest BCUT2D eigenvalue weighted by molar-refractivity contribution is 0.757. The van der Waals surface area contributed by atoms with Crippen LogP contribution in [0.5, 0.6) is 0 Å². The number of hydrogen-bond donors (Lipinski definition) is 0. The van der Waals surface area contributed by atoms with Crippen LogP contribution in [0.15, 0.2) is 120 Å². The van der Waals surface area contributed by atoms with E-state index in [1.165, 1.54) is 24.1 Å². The fraction of sp³-hybridized carbons (Fsp3) is 0. The highest BCUT2D eigenvalue weighted by Crippen LogP contribution is 2.40. The van der Waals surface area contributed by atoms with Crippen molar-refractivity contribution in [3.05, 3.63) is 121 Å². The Balaban J connectivity index is 1.57. The zero-order valence-corrected chi connectivity index (χ0v) is 18.7. The summed E-state index contributed by atoms with van der Waals surface area (Å²) < 4.78 is 6.06. The minimum Gasteiger partial charge on any atom is -0.237 e. The summed E-state index contributed by atoms with van der Waals surface area (Å²) in [7, 11) is 0. The molecule has 4 rings (SSSR count). The van der Waals surface area contributed by atoms with Gasteiger partial charge in [-0.3, -0.25) is 0 Å². The van der Waals surface area contributed by atoms with Crippen LogP contribution < -0.4 is 0 Å². The third kappa shape index (κ3) is 4.86. The molecule has 0 heterocycles. The third-order valence-corrected chi connectivity index (χ3v) is 6.58. The van der Waals surface area contributed by atoms with E-state index in [0.717, 1.165) is 43.2 Å². The summed E-state index contributed by atoms with van der Waals surface area (Å²) in [6.45, 7) is 7.90. The molecule has 4 aromatic carbocycles. The smallest absolute Gasteiger partial charge is 0.0454 e. The molecule has 152 valence electrons. The van der Waals surface area contributed by atoms with Gasteiger partial charge in [-0.15, -0.1) is 0 Å². The summed E-state index contributed by atoms with van der Waals surface area (Å²) in [4.78, 5) is 2.13. The molecule has 0 spiro atoms. The van der Waals surface area contributed by atoms with E-state index in [1.54, 1.807) is 0 Å². The zero-order chi connectivity index (χ0) is 21.5. The molecule has 0 unspecified atom stereocenters. The largest absolute Gasteiger partial charge is 0.237 e. The SMILES string of the molecule is C=Cc1ccccc1-c1ccccc1SOSc1ccccc1-c1ccccc1C=C. The van der Waals surface area contributed by atoms with Crippen LogP contribution in [0, 0.1) is 0 Å². The van der Waals surface area contributed by atoms with Crippen LogP contribution in [0.1, 0.15) is 11.1 Å². The summed E-state index contributed by atoms with van der Waals surface area (Å²) >= 11 is 2.76. The van der Waals surface area contributed by atoms with Crippen LogP contribution in [0.3, 0.4) is 0 Å². The molecule has 0 aliphatic heterocycles. The van der Waals surface area contributed by atoms with Crippen LogP contribution in [-0.4, -0.2) is 0 Å². The Morgan fingerprint density at radius 3 is 1.26 bits per heavy atom. The Bertz CT molecular complexity index is 1120. The van der Waals surface area contributed by atoms with Gasteiger partial charge in [0.25, 0.3) is 0 Å². The number of benzene rings is 4. The van der Waals surface area contributed by atoms with Crippen LogP contribution >= 0.6 is 24.1 Å². The van der Waals surface area contributed by atoms with Crippen LogP contribution in [0.4, 0.5) is 0 Å². The molecule has 0 fully saturated rings. The van der Waals surface area contributed by atoms with E-state index < -0.39 is 0 Å². The van der Waals surface area contributed by atoms with Crippen LogP contribution in [-0.2, 0) is 3.63 Å². The fourth-order valence-corrected chi connectivity index (χ4v) is 4.98. The molecular formula is C28H22OS2. The van der Waals surface area contributed by atoms with Crippen molar-refractivity contribution >= 4 is 36.2 Å². The van der Waals surface area contributed by atoms with E-state index >= 15 is 0 Å². The van der Waals surface area contributed by atoms with Crippen LogP contribution in [0.25, 0.3) is 34.4 Å². The molecule has 31 heavy (non-hydrogen) atoms. The molecular weight excluding hydrogens is 416 g/mol. The average Bonchev–Trinajstić information content (AvgIpc) is 2.84. The number of hydrogen-bond acceptors (Lipinski definition) is 3. The lowest BCUT2D eigenvalue weighted by atomic mass is 10.00. The second-order valence-corrected chi connectivity index (χ2v) is 8.57. The van der Waals surface area contributed by atoms with E-state index in [0.29, 0.717) is 0 Å². The first-order valence-corrected chi connectivity index (χ1v) is 11.4. The molecule has 0 saturated carbocycles. The van der Waals surface area contributed by atoms with Crippen molar-refractivity contribution in [1.82, 2.24) is 0 Å². The molecule has 0 aromatic heterocycles. The normalized spacial score (nSPS) is 10.6. The van der Waals surface area contributed by atoms with Gasteiger partial charge in [0.1, 0.15) is 0 Å². The van der Waals surface area contributed by atoms with Gasteiger partial charge < -0.3 is 0 Å². The van der Waals surface area contributed by atoms with Crippen molar-refractivity contribution in [3.8, 4) is 22.3 Å². The third-order valence-electron chi connectivity index (χ3n) is 4.96. The lowest BCUT2D eigenvalue weighted by Gasteiger charge is -2.13. The maximum absolute atomic E-state index is 6.06. The van der Waals surface area contributed by atoms with Crippen molar-refractivity contribution in [2.45, 2.75) is 9.79 Å². The van der Waals surface area contributed by atoms with Crippen LogP contribution in [0.2, 0.25) is 0 Å². The summed E-state index contributed by atoms with van der Waals surface area (Å²) in [5.74, 6) is 0. The van der Waals surface area contributed by atoms with Crippen molar-refractivity contribution in [1.29, 1.82) is 0 Å². The Morgan fingerprint density at radius 2 is 0.839 bits per heavy atom. The van der Waals surface area contributed by atoms with E-state index in [1.807, 2.05) is 60.7 Å². The highest BCUT2D eigenvalue weighted by atomic mass is 32.2. The molecule has 0 aliphatic carbocycles. The first-order chi connectivity index (χ1) is 15.3. The number of rotatable bonds is 8. The van der Waals surface area contributed by atoms with Gasteiger partial charge in [-0.1, -0.05) is 110 Å². The first-order valence-electron chi connectivity index (χ1n) is 9.94. The monoisotopic (exact) mass is 438 g/mol. The second-order valence-electron chi connectivity index (χ2n) is 6.81. The Kier molecular flexibility index (Phi) is 7.11. The highest BCUT2D eigenvalue weighted by Gasteiger charge is 2.12. The van der Waals surface area contributed by atoms with Crippen molar-refractivity contribution in [3.63, 3.8) is 0 Å². The Hall–Kier alpha value is -2.98. The van der Waals surface area contributed by atoms with E-state index in [-0.39, 0.29) is 0 Å². The highest BCUT2D eigenvalue weighted by molar-refractivity contribution is 8.08. The van der Waals surface area contributed by atoms with E-state index in [4.69, 9.17) is 3.63 Å².